The Morgan fingerprint density at radius 2 is 1.59 bits per heavy atom. The molecule has 0 aliphatic carbocycles. The standard InChI is InChI=1S/C27H28N4O2S/c1-17-9-13-22(14-10-17)31-25(21-11-15-23(33-5)16-12-21)29-30-27(31)34-20(4)26(32)28-24-18(2)7-6-8-19(24)3/h6-16,20H,1-5H3,(H,28,32). The lowest BCUT2D eigenvalue weighted by Gasteiger charge is -2.16. The molecule has 1 aromatic heterocycles. The van der Waals surface area contributed by atoms with Crippen molar-refractivity contribution >= 4 is 23.4 Å². The molecule has 0 aliphatic heterocycles. The van der Waals surface area contributed by atoms with Gasteiger partial charge in [0, 0.05) is 16.9 Å². The van der Waals surface area contributed by atoms with Crippen LogP contribution in [0, 0.1) is 20.8 Å². The molecule has 0 aliphatic rings. The van der Waals surface area contributed by atoms with Crippen LogP contribution in [0.5, 0.6) is 5.75 Å². The number of carbonyl (C=O) groups excluding carboxylic acids is 1. The van der Waals surface area contributed by atoms with Crippen LogP contribution in [-0.4, -0.2) is 33.0 Å². The molecule has 34 heavy (non-hydrogen) atoms. The van der Waals surface area contributed by atoms with E-state index in [0.29, 0.717) is 11.0 Å². The van der Waals surface area contributed by atoms with Gasteiger partial charge in [0.15, 0.2) is 11.0 Å². The van der Waals surface area contributed by atoms with Gasteiger partial charge in [0.2, 0.25) is 5.91 Å². The number of para-hydroxylation sites is 1. The lowest BCUT2D eigenvalue weighted by molar-refractivity contribution is -0.115. The average Bonchev–Trinajstić information content (AvgIpc) is 3.25. The van der Waals surface area contributed by atoms with Crippen molar-refractivity contribution in [3.8, 4) is 22.8 Å². The SMILES string of the molecule is COc1ccc(-c2nnc(SC(C)C(=O)Nc3c(C)cccc3C)n2-c2ccc(C)cc2)cc1. The highest BCUT2D eigenvalue weighted by Gasteiger charge is 2.22. The minimum Gasteiger partial charge on any atom is -0.497 e. The molecule has 0 fully saturated rings. The molecule has 3 aromatic carbocycles. The number of hydrogen-bond acceptors (Lipinski definition) is 5. The van der Waals surface area contributed by atoms with Crippen molar-refractivity contribution in [2.75, 3.05) is 12.4 Å². The van der Waals surface area contributed by atoms with Crippen LogP contribution in [0.2, 0.25) is 0 Å². The second-order valence-corrected chi connectivity index (χ2v) is 9.53. The number of aryl methyl sites for hydroxylation is 3. The summed E-state index contributed by atoms with van der Waals surface area (Å²) in [4.78, 5) is 13.1. The third-order valence-corrected chi connectivity index (χ3v) is 6.70. The molecular formula is C27H28N4O2S. The van der Waals surface area contributed by atoms with Crippen molar-refractivity contribution in [1.82, 2.24) is 14.8 Å². The van der Waals surface area contributed by atoms with Crippen LogP contribution in [0.25, 0.3) is 17.1 Å². The smallest absolute Gasteiger partial charge is 0.237 e. The molecule has 1 heterocycles. The first-order valence-electron chi connectivity index (χ1n) is 11.1. The monoisotopic (exact) mass is 472 g/mol. The number of rotatable bonds is 7. The van der Waals surface area contributed by atoms with Gasteiger partial charge in [-0.25, -0.2) is 0 Å². The van der Waals surface area contributed by atoms with Gasteiger partial charge >= 0.3 is 0 Å². The number of amides is 1. The summed E-state index contributed by atoms with van der Waals surface area (Å²) in [6.07, 6.45) is 0. The number of carbonyl (C=O) groups is 1. The van der Waals surface area contributed by atoms with Gasteiger partial charge in [-0.1, -0.05) is 47.7 Å². The highest BCUT2D eigenvalue weighted by Crippen LogP contribution is 2.32. The van der Waals surface area contributed by atoms with Crippen LogP contribution in [0.4, 0.5) is 5.69 Å². The zero-order valence-electron chi connectivity index (χ0n) is 20.0. The maximum Gasteiger partial charge on any atom is 0.237 e. The summed E-state index contributed by atoms with van der Waals surface area (Å²) in [6.45, 7) is 7.93. The summed E-state index contributed by atoms with van der Waals surface area (Å²) >= 11 is 1.38. The minimum atomic E-state index is -0.379. The summed E-state index contributed by atoms with van der Waals surface area (Å²) in [7, 11) is 1.64. The predicted molar refractivity (Wildman–Crippen MR) is 138 cm³/mol. The molecule has 1 atom stereocenters. The summed E-state index contributed by atoms with van der Waals surface area (Å²) < 4.78 is 7.29. The first-order valence-corrected chi connectivity index (χ1v) is 12.0. The molecule has 0 spiro atoms. The van der Waals surface area contributed by atoms with E-state index in [9.17, 15) is 4.79 Å². The number of anilines is 1. The lowest BCUT2D eigenvalue weighted by atomic mass is 10.1. The number of methoxy groups -OCH3 is 1. The molecule has 0 saturated carbocycles. The fraction of sp³-hybridized carbons (Fsp3) is 0.222. The first-order chi connectivity index (χ1) is 16.4. The number of aromatic nitrogens is 3. The largest absolute Gasteiger partial charge is 0.497 e. The third-order valence-electron chi connectivity index (χ3n) is 5.65. The Balaban J connectivity index is 1.66. The molecule has 4 aromatic rings. The summed E-state index contributed by atoms with van der Waals surface area (Å²) in [6, 6.07) is 21.9. The highest BCUT2D eigenvalue weighted by atomic mass is 32.2. The Labute approximate surface area is 204 Å². The minimum absolute atomic E-state index is 0.0770. The van der Waals surface area contributed by atoms with Crippen LogP contribution in [0.15, 0.2) is 71.9 Å². The van der Waals surface area contributed by atoms with Gasteiger partial charge in [0.05, 0.1) is 12.4 Å². The normalized spacial score (nSPS) is 11.8. The number of ether oxygens (including phenoxy) is 1. The van der Waals surface area contributed by atoms with E-state index in [4.69, 9.17) is 4.74 Å². The van der Waals surface area contributed by atoms with Crippen LogP contribution >= 0.6 is 11.8 Å². The van der Waals surface area contributed by atoms with E-state index in [-0.39, 0.29) is 11.2 Å². The third kappa shape index (κ3) is 4.99. The molecule has 1 unspecified atom stereocenters. The average molecular weight is 473 g/mol. The summed E-state index contributed by atoms with van der Waals surface area (Å²) in [5, 5.41) is 12.3. The molecule has 7 heteroatoms. The van der Waals surface area contributed by atoms with Crippen LogP contribution in [0.3, 0.4) is 0 Å². The summed E-state index contributed by atoms with van der Waals surface area (Å²) in [5.74, 6) is 1.40. The van der Waals surface area contributed by atoms with Crippen molar-refractivity contribution in [3.63, 3.8) is 0 Å². The van der Waals surface area contributed by atoms with Gasteiger partial charge in [-0.3, -0.25) is 9.36 Å². The maximum absolute atomic E-state index is 13.1. The molecule has 174 valence electrons. The van der Waals surface area contributed by atoms with Gasteiger partial charge in [-0.05, 0) is 75.2 Å². The zero-order chi connectivity index (χ0) is 24.2. The van der Waals surface area contributed by atoms with Gasteiger partial charge in [0.1, 0.15) is 5.75 Å². The highest BCUT2D eigenvalue weighted by molar-refractivity contribution is 8.00. The Bertz CT molecular complexity index is 1280. The molecule has 0 saturated heterocycles. The Morgan fingerprint density at radius 3 is 2.21 bits per heavy atom. The fourth-order valence-electron chi connectivity index (χ4n) is 3.65. The molecule has 0 bridgehead atoms. The van der Waals surface area contributed by atoms with Gasteiger partial charge in [0.25, 0.3) is 0 Å². The fourth-order valence-corrected chi connectivity index (χ4v) is 4.52. The van der Waals surface area contributed by atoms with Crippen molar-refractivity contribution in [2.24, 2.45) is 0 Å². The van der Waals surface area contributed by atoms with Crippen molar-refractivity contribution in [2.45, 2.75) is 38.1 Å². The summed E-state index contributed by atoms with van der Waals surface area (Å²) in [5.41, 5.74) is 5.95. The van der Waals surface area contributed by atoms with E-state index < -0.39 is 0 Å². The molecule has 6 nitrogen and oxygen atoms in total. The zero-order valence-corrected chi connectivity index (χ0v) is 20.8. The Morgan fingerprint density at radius 1 is 0.941 bits per heavy atom. The number of nitrogens with zero attached hydrogens (tertiary/aromatic N) is 3. The molecule has 1 amide bonds. The van der Waals surface area contributed by atoms with E-state index in [0.717, 1.165) is 33.8 Å². The first kappa shape index (κ1) is 23.6. The van der Waals surface area contributed by atoms with Gasteiger partial charge in [-0.15, -0.1) is 10.2 Å². The van der Waals surface area contributed by atoms with Gasteiger partial charge in [-0.2, -0.15) is 0 Å². The van der Waals surface area contributed by atoms with Crippen LogP contribution < -0.4 is 10.1 Å². The second kappa shape index (κ2) is 10.1. The van der Waals surface area contributed by atoms with Crippen molar-refractivity contribution < 1.29 is 9.53 Å². The van der Waals surface area contributed by atoms with Crippen molar-refractivity contribution in [3.05, 3.63) is 83.4 Å². The van der Waals surface area contributed by atoms with Crippen molar-refractivity contribution in [1.29, 1.82) is 0 Å². The number of thioether (sulfide) groups is 1. The van der Waals surface area contributed by atoms with Gasteiger partial charge < -0.3 is 10.1 Å². The number of benzene rings is 3. The Hall–Kier alpha value is -3.58. The van der Waals surface area contributed by atoms with E-state index in [1.54, 1.807) is 7.11 Å². The topological polar surface area (TPSA) is 69.0 Å². The maximum atomic E-state index is 13.1. The van der Waals surface area contributed by atoms with E-state index in [2.05, 4.69) is 34.6 Å². The van der Waals surface area contributed by atoms with Crippen LogP contribution in [0.1, 0.15) is 23.6 Å². The molecule has 0 radical (unpaired) electrons. The van der Waals surface area contributed by atoms with E-state index in [1.807, 2.05) is 79.9 Å². The molecule has 4 rings (SSSR count). The van der Waals surface area contributed by atoms with E-state index in [1.165, 1.54) is 17.3 Å². The lowest BCUT2D eigenvalue weighted by Crippen LogP contribution is -2.23. The number of nitrogens with one attached hydrogen (secondary N) is 1. The van der Waals surface area contributed by atoms with E-state index >= 15 is 0 Å². The van der Waals surface area contributed by atoms with Crippen LogP contribution in [-0.2, 0) is 4.79 Å². The number of hydrogen-bond donors (Lipinski definition) is 1. The second-order valence-electron chi connectivity index (χ2n) is 8.22. The predicted octanol–water partition coefficient (Wildman–Crippen LogP) is 5.99. The molecular weight excluding hydrogens is 444 g/mol. The molecule has 1 N–H and O–H groups in total. The Kier molecular flexibility index (Phi) is 7.03. The quantitative estimate of drug-likeness (QED) is 0.335.